The third-order valence-corrected chi connectivity index (χ3v) is 1.39. The van der Waals surface area contributed by atoms with Gasteiger partial charge in [0.25, 0.3) is 0 Å². The lowest BCUT2D eigenvalue weighted by molar-refractivity contribution is 0.613. The Labute approximate surface area is 53.5 Å². The van der Waals surface area contributed by atoms with Gasteiger partial charge in [0.05, 0.1) is 0 Å². The van der Waals surface area contributed by atoms with Crippen molar-refractivity contribution in [1.29, 1.82) is 0 Å². The molecule has 0 amide bonds. The standard InChI is InChI=1S/C7H8FN/c1-5-6(2)9-4-3-7(5)8/h3-4H,1-2H3. The monoisotopic (exact) mass is 125 g/mol. The number of aryl methyl sites for hydroxylation is 1. The zero-order valence-corrected chi connectivity index (χ0v) is 5.48. The fourth-order valence-corrected chi connectivity index (χ4v) is 0.609. The average Bonchev–Trinajstić information content (AvgIpc) is 1.83. The van der Waals surface area contributed by atoms with Crippen LogP contribution in [0.4, 0.5) is 4.39 Å². The van der Waals surface area contributed by atoms with Gasteiger partial charge in [-0.2, -0.15) is 0 Å². The van der Waals surface area contributed by atoms with E-state index in [1.807, 2.05) is 0 Å². The largest absolute Gasteiger partial charge is 0.261 e. The molecule has 0 spiro atoms. The van der Waals surface area contributed by atoms with Crippen LogP contribution < -0.4 is 0 Å². The third-order valence-electron chi connectivity index (χ3n) is 1.39. The second-order valence-corrected chi connectivity index (χ2v) is 2.00. The number of pyridine rings is 1. The highest BCUT2D eigenvalue weighted by Gasteiger charge is 1.97. The van der Waals surface area contributed by atoms with E-state index >= 15 is 0 Å². The van der Waals surface area contributed by atoms with E-state index in [0.29, 0.717) is 5.56 Å². The van der Waals surface area contributed by atoms with E-state index in [9.17, 15) is 4.39 Å². The molecule has 0 aromatic carbocycles. The van der Waals surface area contributed by atoms with Crippen LogP contribution >= 0.6 is 0 Å². The molecule has 1 nitrogen and oxygen atoms in total. The number of hydrogen-bond acceptors (Lipinski definition) is 1. The van der Waals surface area contributed by atoms with E-state index in [1.54, 1.807) is 13.8 Å². The molecule has 1 rings (SSSR count). The molecule has 0 saturated carbocycles. The Morgan fingerprint density at radius 2 is 2.11 bits per heavy atom. The first-order valence-electron chi connectivity index (χ1n) is 2.79. The molecular weight excluding hydrogens is 117 g/mol. The minimum atomic E-state index is -0.178. The number of aromatic nitrogens is 1. The van der Waals surface area contributed by atoms with Gasteiger partial charge in [0.2, 0.25) is 0 Å². The Bertz CT molecular complexity index is 200. The predicted octanol–water partition coefficient (Wildman–Crippen LogP) is 1.84. The maximum absolute atomic E-state index is 12.5. The van der Waals surface area contributed by atoms with Crippen LogP contribution in [-0.2, 0) is 0 Å². The van der Waals surface area contributed by atoms with Crippen molar-refractivity contribution in [3.8, 4) is 0 Å². The van der Waals surface area contributed by atoms with Gasteiger partial charge in [-0.15, -0.1) is 0 Å². The van der Waals surface area contributed by atoms with Crippen LogP contribution in [0.5, 0.6) is 0 Å². The van der Waals surface area contributed by atoms with Crippen molar-refractivity contribution in [2.45, 2.75) is 13.8 Å². The van der Waals surface area contributed by atoms with Gasteiger partial charge in [-0.05, 0) is 19.9 Å². The van der Waals surface area contributed by atoms with Crippen LogP contribution in [0.15, 0.2) is 12.3 Å². The lowest BCUT2D eigenvalue weighted by Crippen LogP contribution is -1.88. The highest BCUT2D eigenvalue weighted by atomic mass is 19.1. The molecule has 48 valence electrons. The number of hydrogen-bond donors (Lipinski definition) is 0. The topological polar surface area (TPSA) is 12.9 Å². The van der Waals surface area contributed by atoms with E-state index in [2.05, 4.69) is 4.98 Å². The first-order chi connectivity index (χ1) is 4.22. The summed E-state index contributed by atoms with van der Waals surface area (Å²) < 4.78 is 12.5. The fourth-order valence-electron chi connectivity index (χ4n) is 0.609. The zero-order valence-electron chi connectivity index (χ0n) is 5.48. The maximum Gasteiger partial charge on any atom is 0.129 e. The van der Waals surface area contributed by atoms with Crippen LogP contribution in [0.1, 0.15) is 11.3 Å². The molecule has 0 radical (unpaired) electrons. The Balaban J connectivity index is 3.25. The highest BCUT2D eigenvalue weighted by molar-refractivity contribution is 5.17. The van der Waals surface area contributed by atoms with Crippen molar-refractivity contribution < 1.29 is 4.39 Å². The zero-order chi connectivity index (χ0) is 6.85. The SMILES string of the molecule is Cc1nccc(F)c1C. The summed E-state index contributed by atoms with van der Waals surface area (Å²) in [7, 11) is 0. The van der Waals surface area contributed by atoms with E-state index in [1.165, 1.54) is 12.3 Å². The molecule has 9 heavy (non-hydrogen) atoms. The molecule has 2 heteroatoms. The summed E-state index contributed by atoms with van der Waals surface area (Å²) in [6.07, 6.45) is 1.47. The van der Waals surface area contributed by atoms with E-state index in [4.69, 9.17) is 0 Å². The minimum Gasteiger partial charge on any atom is -0.261 e. The van der Waals surface area contributed by atoms with Gasteiger partial charge in [0, 0.05) is 17.5 Å². The molecular formula is C7H8FN. The molecule has 0 N–H and O–H groups in total. The number of rotatable bonds is 0. The molecule has 0 atom stereocenters. The quantitative estimate of drug-likeness (QED) is 0.515. The highest BCUT2D eigenvalue weighted by Crippen LogP contribution is 2.06. The average molecular weight is 125 g/mol. The molecule has 0 bridgehead atoms. The predicted molar refractivity (Wildman–Crippen MR) is 33.7 cm³/mol. The Hall–Kier alpha value is -0.920. The summed E-state index contributed by atoms with van der Waals surface area (Å²) in [6, 6.07) is 1.36. The molecule has 1 aromatic rings. The molecule has 1 aromatic heterocycles. The van der Waals surface area contributed by atoms with Gasteiger partial charge < -0.3 is 0 Å². The van der Waals surface area contributed by atoms with Gasteiger partial charge in [0.1, 0.15) is 5.82 Å². The summed E-state index contributed by atoms with van der Waals surface area (Å²) in [5.74, 6) is -0.178. The summed E-state index contributed by atoms with van der Waals surface area (Å²) in [5.41, 5.74) is 1.40. The number of nitrogens with zero attached hydrogens (tertiary/aromatic N) is 1. The molecule has 0 saturated heterocycles. The van der Waals surface area contributed by atoms with Crippen molar-refractivity contribution in [1.82, 2.24) is 4.98 Å². The second-order valence-electron chi connectivity index (χ2n) is 2.00. The molecule has 0 unspecified atom stereocenters. The Morgan fingerprint density at radius 1 is 1.44 bits per heavy atom. The van der Waals surface area contributed by atoms with Gasteiger partial charge in [-0.25, -0.2) is 4.39 Å². The first-order valence-corrected chi connectivity index (χ1v) is 2.79. The molecule has 0 aliphatic heterocycles. The lowest BCUT2D eigenvalue weighted by Gasteiger charge is -1.96. The second kappa shape index (κ2) is 2.13. The Kier molecular flexibility index (Phi) is 1.47. The fraction of sp³-hybridized carbons (Fsp3) is 0.286. The molecule has 0 aliphatic carbocycles. The minimum absolute atomic E-state index is 0.178. The van der Waals surface area contributed by atoms with Crippen LogP contribution in [-0.4, -0.2) is 4.98 Å². The van der Waals surface area contributed by atoms with Crippen LogP contribution in [0.25, 0.3) is 0 Å². The van der Waals surface area contributed by atoms with Gasteiger partial charge >= 0.3 is 0 Å². The molecule has 1 heterocycles. The maximum atomic E-state index is 12.5. The third kappa shape index (κ3) is 1.07. The summed E-state index contributed by atoms with van der Waals surface area (Å²) in [5, 5.41) is 0. The van der Waals surface area contributed by atoms with Crippen LogP contribution in [0.3, 0.4) is 0 Å². The number of halogens is 1. The molecule has 0 fully saturated rings. The first kappa shape index (κ1) is 6.20. The normalized spacial score (nSPS) is 9.67. The summed E-state index contributed by atoms with van der Waals surface area (Å²) in [6.45, 7) is 3.51. The van der Waals surface area contributed by atoms with Crippen LogP contribution in [0, 0.1) is 19.7 Å². The van der Waals surface area contributed by atoms with Gasteiger partial charge in [-0.1, -0.05) is 0 Å². The van der Waals surface area contributed by atoms with E-state index in [-0.39, 0.29) is 5.82 Å². The van der Waals surface area contributed by atoms with Crippen molar-refractivity contribution in [3.63, 3.8) is 0 Å². The van der Waals surface area contributed by atoms with E-state index < -0.39 is 0 Å². The van der Waals surface area contributed by atoms with Gasteiger partial charge in [0.15, 0.2) is 0 Å². The van der Waals surface area contributed by atoms with Crippen molar-refractivity contribution in [3.05, 3.63) is 29.3 Å². The van der Waals surface area contributed by atoms with Gasteiger partial charge in [-0.3, -0.25) is 4.98 Å². The van der Waals surface area contributed by atoms with Crippen LogP contribution in [0.2, 0.25) is 0 Å². The van der Waals surface area contributed by atoms with E-state index in [0.717, 1.165) is 5.69 Å². The lowest BCUT2D eigenvalue weighted by atomic mass is 10.2. The smallest absolute Gasteiger partial charge is 0.129 e. The summed E-state index contributed by atoms with van der Waals surface area (Å²) >= 11 is 0. The molecule has 0 aliphatic rings. The summed E-state index contributed by atoms with van der Waals surface area (Å²) in [4.78, 5) is 3.90. The Morgan fingerprint density at radius 3 is 2.56 bits per heavy atom. The van der Waals surface area contributed by atoms with Crippen molar-refractivity contribution >= 4 is 0 Å². The van der Waals surface area contributed by atoms with Crippen molar-refractivity contribution in [2.75, 3.05) is 0 Å². The van der Waals surface area contributed by atoms with Crippen molar-refractivity contribution in [2.24, 2.45) is 0 Å².